The van der Waals surface area contributed by atoms with Gasteiger partial charge in [0.1, 0.15) is 5.82 Å². The van der Waals surface area contributed by atoms with Crippen molar-refractivity contribution in [1.29, 1.82) is 0 Å². The quantitative estimate of drug-likeness (QED) is 0.865. The van der Waals surface area contributed by atoms with Crippen LogP contribution in [0.5, 0.6) is 0 Å². The Hall–Kier alpha value is -1.45. The fraction of sp³-hybridized carbons (Fsp3) is 0.312. The maximum Gasteiger partial charge on any atom is 0.141 e. The van der Waals surface area contributed by atoms with Gasteiger partial charge >= 0.3 is 0 Å². The van der Waals surface area contributed by atoms with Crippen LogP contribution in [0.2, 0.25) is 5.02 Å². The number of hydrogen-bond acceptors (Lipinski definition) is 2. The molecule has 0 spiro atoms. The molecular formula is C16H18ClFN2. The van der Waals surface area contributed by atoms with Crippen molar-refractivity contribution >= 4 is 11.6 Å². The van der Waals surface area contributed by atoms with E-state index >= 15 is 0 Å². The van der Waals surface area contributed by atoms with E-state index in [-0.39, 0.29) is 11.9 Å². The average Bonchev–Trinajstić information content (AvgIpc) is 2.45. The minimum Gasteiger partial charge on any atom is -0.310 e. The second-order valence-electron chi connectivity index (χ2n) is 4.74. The largest absolute Gasteiger partial charge is 0.310 e. The first kappa shape index (κ1) is 14.9. The molecule has 106 valence electrons. The highest BCUT2D eigenvalue weighted by atomic mass is 35.5. The van der Waals surface area contributed by atoms with Crippen LogP contribution in [0, 0.1) is 5.82 Å². The Morgan fingerprint density at radius 1 is 1.30 bits per heavy atom. The lowest BCUT2D eigenvalue weighted by Gasteiger charge is -2.19. The SMILES string of the molecule is CCCNC(Cc1ccccc1Cl)c1cncc(F)c1. The normalized spacial score (nSPS) is 12.3. The molecule has 1 aromatic carbocycles. The number of nitrogens with zero attached hydrogens (tertiary/aromatic N) is 1. The second-order valence-corrected chi connectivity index (χ2v) is 5.15. The zero-order valence-electron chi connectivity index (χ0n) is 11.4. The molecule has 0 amide bonds. The van der Waals surface area contributed by atoms with Crippen molar-refractivity contribution in [1.82, 2.24) is 10.3 Å². The summed E-state index contributed by atoms with van der Waals surface area (Å²) >= 11 is 6.20. The van der Waals surface area contributed by atoms with Crippen molar-refractivity contribution in [3.05, 3.63) is 64.7 Å². The number of aromatic nitrogens is 1. The molecule has 1 N–H and O–H groups in total. The summed E-state index contributed by atoms with van der Waals surface area (Å²) in [7, 11) is 0. The van der Waals surface area contributed by atoms with Gasteiger partial charge in [0.2, 0.25) is 0 Å². The molecule has 2 aromatic rings. The second kappa shape index (κ2) is 7.36. The molecule has 2 nitrogen and oxygen atoms in total. The van der Waals surface area contributed by atoms with Crippen molar-refractivity contribution < 1.29 is 4.39 Å². The van der Waals surface area contributed by atoms with Crippen LogP contribution in [0.3, 0.4) is 0 Å². The van der Waals surface area contributed by atoms with Gasteiger partial charge in [0.15, 0.2) is 0 Å². The highest BCUT2D eigenvalue weighted by Crippen LogP contribution is 2.23. The monoisotopic (exact) mass is 292 g/mol. The summed E-state index contributed by atoms with van der Waals surface area (Å²) in [6.45, 7) is 2.97. The molecule has 1 unspecified atom stereocenters. The molecule has 0 fully saturated rings. The van der Waals surface area contributed by atoms with Gasteiger partial charge in [-0.2, -0.15) is 0 Å². The lowest BCUT2D eigenvalue weighted by molar-refractivity contribution is 0.521. The molecule has 0 aliphatic carbocycles. The van der Waals surface area contributed by atoms with Crippen LogP contribution in [-0.4, -0.2) is 11.5 Å². The highest BCUT2D eigenvalue weighted by Gasteiger charge is 2.14. The first-order chi connectivity index (χ1) is 9.70. The summed E-state index contributed by atoms with van der Waals surface area (Å²) < 4.78 is 13.4. The van der Waals surface area contributed by atoms with Gasteiger partial charge in [-0.25, -0.2) is 4.39 Å². The van der Waals surface area contributed by atoms with Gasteiger partial charge in [0, 0.05) is 17.3 Å². The average molecular weight is 293 g/mol. The third kappa shape index (κ3) is 4.02. The van der Waals surface area contributed by atoms with Crippen LogP contribution in [0.15, 0.2) is 42.7 Å². The van der Waals surface area contributed by atoms with Crippen molar-refractivity contribution in [3.63, 3.8) is 0 Å². The molecule has 0 saturated carbocycles. The Bertz CT molecular complexity index is 560. The zero-order valence-corrected chi connectivity index (χ0v) is 12.2. The number of halogens is 2. The van der Waals surface area contributed by atoms with Crippen molar-refractivity contribution in [2.45, 2.75) is 25.8 Å². The number of benzene rings is 1. The number of rotatable bonds is 6. The minimum absolute atomic E-state index is 0.0121. The van der Waals surface area contributed by atoms with E-state index in [4.69, 9.17) is 11.6 Å². The van der Waals surface area contributed by atoms with E-state index in [2.05, 4.69) is 17.2 Å². The van der Waals surface area contributed by atoms with E-state index in [1.165, 1.54) is 12.3 Å². The smallest absolute Gasteiger partial charge is 0.141 e. The maximum atomic E-state index is 13.4. The molecular weight excluding hydrogens is 275 g/mol. The van der Waals surface area contributed by atoms with Crippen LogP contribution in [0.25, 0.3) is 0 Å². The predicted molar refractivity (Wildman–Crippen MR) is 80.4 cm³/mol. The highest BCUT2D eigenvalue weighted by molar-refractivity contribution is 6.31. The minimum atomic E-state index is -0.315. The standard InChI is InChI=1S/C16H18ClFN2/c1-2-7-20-16(13-8-14(18)11-19-10-13)9-12-5-3-4-6-15(12)17/h3-6,8,10-11,16,20H,2,7,9H2,1H3. The first-order valence-electron chi connectivity index (χ1n) is 6.78. The van der Waals surface area contributed by atoms with E-state index < -0.39 is 0 Å². The van der Waals surface area contributed by atoms with Crippen LogP contribution in [0.4, 0.5) is 4.39 Å². The third-order valence-electron chi connectivity index (χ3n) is 3.15. The van der Waals surface area contributed by atoms with Gasteiger partial charge in [0.25, 0.3) is 0 Å². The van der Waals surface area contributed by atoms with Crippen molar-refractivity contribution in [2.24, 2.45) is 0 Å². The van der Waals surface area contributed by atoms with Crippen LogP contribution < -0.4 is 5.32 Å². The Kier molecular flexibility index (Phi) is 5.50. The summed E-state index contributed by atoms with van der Waals surface area (Å²) in [5, 5.41) is 4.16. The Balaban J connectivity index is 2.21. The zero-order chi connectivity index (χ0) is 14.4. The van der Waals surface area contributed by atoms with Gasteiger partial charge in [-0.3, -0.25) is 4.98 Å². The Morgan fingerprint density at radius 3 is 2.80 bits per heavy atom. The number of pyridine rings is 1. The molecule has 0 aliphatic rings. The Labute approximate surface area is 124 Å². The van der Waals surface area contributed by atoms with Gasteiger partial charge in [-0.05, 0) is 42.6 Å². The topological polar surface area (TPSA) is 24.9 Å². The van der Waals surface area contributed by atoms with E-state index in [1.54, 1.807) is 6.20 Å². The van der Waals surface area contributed by atoms with Crippen molar-refractivity contribution in [2.75, 3.05) is 6.54 Å². The molecule has 0 saturated heterocycles. The first-order valence-corrected chi connectivity index (χ1v) is 7.15. The van der Waals surface area contributed by atoms with E-state index in [0.717, 1.165) is 29.1 Å². The van der Waals surface area contributed by atoms with E-state index in [9.17, 15) is 4.39 Å². The third-order valence-corrected chi connectivity index (χ3v) is 3.52. The van der Waals surface area contributed by atoms with Gasteiger partial charge < -0.3 is 5.32 Å². The van der Waals surface area contributed by atoms with E-state index in [0.29, 0.717) is 6.42 Å². The van der Waals surface area contributed by atoms with Crippen LogP contribution in [0.1, 0.15) is 30.5 Å². The molecule has 0 radical (unpaired) electrons. The molecule has 0 aliphatic heterocycles. The summed E-state index contributed by atoms with van der Waals surface area (Å²) in [5.41, 5.74) is 1.89. The number of hydrogen-bond donors (Lipinski definition) is 1. The summed E-state index contributed by atoms with van der Waals surface area (Å²) in [5.74, 6) is -0.315. The van der Waals surface area contributed by atoms with Gasteiger partial charge in [0.05, 0.1) is 6.20 Å². The van der Waals surface area contributed by atoms with Crippen molar-refractivity contribution in [3.8, 4) is 0 Å². The molecule has 1 aromatic heterocycles. The number of nitrogens with one attached hydrogen (secondary N) is 1. The molecule has 4 heteroatoms. The lowest BCUT2D eigenvalue weighted by Crippen LogP contribution is -2.24. The fourth-order valence-corrected chi connectivity index (χ4v) is 2.34. The summed E-state index contributed by atoms with van der Waals surface area (Å²) in [6.07, 6.45) is 4.65. The van der Waals surface area contributed by atoms with E-state index in [1.807, 2.05) is 24.3 Å². The van der Waals surface area contributed by atoms with Gasteiger partial charge in [-0.15, -0.1) is 0 Å². The van der Waals surface area contributed by atoms with Crippen LogP contribution >= 0.6 is 11.6 Å². The van der Waals surface area contributed by atoms with Gasteiger partial charge in [-0.1, -0.05) is 36.7 Å². The molecule has 0 bridgehead atoms. The fourth-order valence-electron chi connectivity index (χ4n) is 2.13. The Morgan fingerprint density at radius 2 is 2.10 bits per heavy atom. The predicted octanol–water partition coefficient (Wildman–Crippen LogP) is 4.16. The maximum absolute atomic E-state index is 13.4. The molecule has 1 heterocycles. The lowest BCUT2D eigenvalue weighted by atomic mass is 10.00. The molecule has 1 atom stereocenters. The summed E-state index contributed by atoms with van der Waals surface area (Å²) in [4.78, 5) is 3.93. The molecule has 20 heavy (non-hydrogen) atoms. The summed E-state index contributed by atoms with van der Waals surface area (Å²) in [6, 6.07) is 9.27. The molecule has 2 rings (SSSR count). The van der Waals surface area contributed by atoms with Crippen LogP contribution in [-0.2, 0) is 6.42 Å².